The van der Waals surface area contributed by atoms with Crippen molar-refractivity contribution in [3.63, 3.8) is 0 Å². The van der Waals surface area contributed by atoms with Gasteiger partial charge in [0.15, 0.2) is 0 Å². The first kappa shape index (κ1) is 15.1. The van der Waals surface area contributed by atoms with Crippen molar-refractivity contribution in [1.82, 2.24) is 5.32 Å². The molecule has 2 bridgehead atoms. The molecule has 0 aliphatic carbocycles. The Labute approximate surface area is 136 Å². The Kier molecular flexibility index (Phi) is 3.48. The van der Waals surface area contributed by atoms with Crippen molar-refractivity contribution in [2.24, 2.45) is 11.8 Å². The van der Waals surface area contributed by atoms with Crippen LogP contribution in [-0.4, -0.2) is 40.9 Å². The zero-order valence-corrected chi connectivity index (χ0v) is 13.3. The molecule has 5 heteroatoms. The van der Waals surface area contributed by atoms with Crippen LogP contribution in [0.4, 0.5) is 5.69 Å². The molecule has 1 aromatic rings. The lowest BCUT2D eigenvalue weighted by atomic mass is 9.73. The maximum absolute atomic E-state index is 12.9. The molecule has 4 N–H and O–H groups in total. The zero-order chi connectivity index (χ0) is 16.2. The number of hydrogen-bond donors (Lipinski definition) is 4. The highest BCUT2D eigenvalue weighted by Gasteiger charge is 2.61. The van der Waals surface area contributed by atoms with Crippen LogP contribution in [0, 0.1) is 11.8 Å². The van der Waals surface area contributed by atoms with Crippen LogP contribution in [0.3, 0.4) is 0 Å². The van der Waals surface area contributed by atoms with E-state index >= 15 is 0 Å². The molecule has 23 heavy (non-hydrogen) atoms. The Balaban J connectivity index is 1.73. The molecule has 3 aliphatic rings. The quantitative estimate of drug-likeness (QED) is 0.671. The van der Waals surface area contributed by atoms with Crippen LogP contribution in [0.25, 0.3) is 0 Å². The zero-order valence-electron chi connectivity index (χ0n) is 13.3. The predicted molar refractivity (Wildman–Crippen MR) is 87.1 cm³/mol. The van der Waals surface area contributed by atoms with Crippen LogP contribution in [0.5, 0.6) is 0 Å². The third-order valence-corrected chi connectivity index (χ3v) is 6.13. The third kappa shape index (κ3) is 2.07. The van der Waals surface area contributed by atoms with Crippen molar-refractivity contribution in [3.05, 3.63) is 29.8 Å². The molecule has 0 unspecified atom stereocenters. The molecular weight excluding hydrogens is 292 g/mol. The average molecular weight is 316 g/mol. The van der Waals surface area contributed by atoms with Gasteiger partial charge < -0.3 is 20.8 Å². The highest BCUT2D eigenvalue weighted by molar-refractivity contribution is 6.07. The topological polar surface area (TPSA) is 81.6 Å². The second-order valence-corrected chi connectivity index (χ2v) is 7.43. The lowest BCUT2D eigenvalue weighted by molar-refractivity contribution is -0.121. The highest BCUT2D eigenvalue weighted by Crippen LogP contribution is 2.53. The van der Waals surface area contributed by atoms with Crippen molar-refractivity contribution in [2.45, 2.75) is 49.8 Å². The fourth-order valence-electron chi connectivity index (χ4n) is 5.17. The molecule has 3 aliphatic heterocycles. The summed E-state index contributed by atoms with van der Waals surface area (Å²) in [6.07, 6.45) is 1.84. The molecule has 2 fully saturated rings. The van der Waals surface area contributed by atoms with Gasteiger partial charge in [-0.1, -0.05) is 18.2 Å². The minimum Gasteiger partial charge on any atom is -0.396 e. The van der Waals surface area contributed by atoms with Gasteiger partial charge >= 0.3 is 0 Å². The maximum atomic E-state index is 12.9. The van der Waals surface area contributed by atoms with Crippen LogP contribution in [0.2, 0.25) is 0 Å². The minimum absolute atomic E-state index is 0.0719. The summed E-state index contributed by atoms with van der Waals surface area (Å²) in [5.74, 6) is 0.421. The number of benzene rings is 1. The van der Waals surface area contributed by atoms with Crippen molar-refractivity contribution in [1.29, 1.82) is 0 Å². The Bertz CT molecular complexity index is 632. The number of nitrogens with one attached hydrogen (secondary N) is 2. The van der Waals surface area contributed by atoms with Crippen LogP contribution in [0.15, 0.2) is 24.3 Å². The molecule has 5 nitrogen and oxygen atoms in total. The lowest BCUT2D eigenvalue weighted by Crippen LogP contribution is -2.51. The fourth-order valence-corrected chi connectivity index (χ4v) is 5.17. The van der Waals surface area contributed by atoms with E-state index in [0.29, 0.717) is 6.42 Å². The minimum atomic E-state index is -0.526. The normalized spacial score (nSPS) is 39.3. The number of hydrogen-bond acceptors (Lipinski definition) is 4. The number of anilines is 1. The number of aliphatic hydroxyl groups excluding tert-OH is 2. The van der Waals surface area contributed by atoms with Gasteiger partial charge in [-0.2, -0.15) is 0 Å². The van der Waals surface area contributed by atoms with E-state index in [9.17, 15) is 15.0 Å². The molecule has 1 aromatic carbocycles. The summed E-state index contributed by atoms with van der Waals surface area (Å²) in [5.41, 5.74) is 1.47. The van der Waals surface area contributed by atoms with Gasteiger partial charge in [0, 0.05) is 30.3 Å². The molecule has 2 saturated heterocycles. The van der Waals surface area contributed by atoms with Gasteiger partial charge in [0.25, 0.3) is 0 Å². The van der Waals surface area contributed by atoms with Gasteiger partial charge in [0.1, 0.15) is 0 Å². The summed E-state index contributed by atoms with van der Waals surface area (Å²) in [7, 11) is 0. The Morgan fingerprint density at radius 1 is 1.39 bits per heavy atom. The van der Waals surface area contributed by atoms with Gasteiger partial charge in [0.2, 0.25) is 5.91 Å². The number of carbonyl (C=O) groups is 1. The molecule has 3 heterocycles. The number of para-hydroxylation sites is 1. The van der Waals surface area contributed by atoms with Gasteiger partial charge in [-0.05, 0) is 43.7 Å². The number of piperidine rings is 1. The standard InChI is InChI=1S/C18H24N2O3/c1-10(22)6-11-7-16-18(8-15(19-16)12(11)9-21)13-4-2-3-5-14(13)20-17(18)23/h2-5,10-12,15-16,19,21-22H,6-9H2,1H3,(H,20,23)/t10-,11+,12+,15-,16-,18-/m0/s1. The van der Waals surface area contributed by atoms with Crippen molar-refractivity contribution < 1.29 is 15.0 Å². The monoisotopic (exact) mass is 316 g/mol. The summed E-state index contributed by atoms with van der Waals surface area (Å²) >= 11 is 0. The van der Waals surface area contributed by atoms with Crippen LogP contribution >= 0.6 is 0 Å². The summed E-state index contributed by atoms with van der Waals surface area (Å²) < 4.78 is 0. The first-order valence-electron chi connectivity index (χ1n) is 8.52. The summed E-state index contributed by atoms with van der Waals surface area (Å²) in [6.45, 7) is 1.90. The van der Waals surface area contributed by atoms with E-state index < -0.39 is 5.41 Å². The van der Waals surface area contributed by atoms with E-state index in [-0.39, 0.29) is 42.5 Å². The van der Waals surface area contributed by atoms with E-state index in [1.165, 1.54) is 0 Å². The van der Waals surface area contributed by atoms with Gasteiger partial charge in [-0.25, -0.2) is 0 Å². The molecule has 124 valence electrons. The van der Waals surface area contributed by atoms with E-state index in [0.717, 1.165) is 24.1 Å². The second kappa shape index (κ2) is 5.30. The fraction of sp³-hybridized carbons (Fsp3) is 0.611. The van der Waals surface area contributed by atoms with E-state index in [2.05, 4.69) is 10.6 Å². The molecule has 4 rings (SSSR count). The van der Waals surface area contributed by atoms with Crippen molar-refractivity contribution in [3.8, 4) is 0 Å². The van der Waals surface area contributed by atoms with Crippen LogP contribution in [0.1, 0.15) is 31.7 Å². The van der Waals surface area contributed by atoms with Crippen molar-refractivity contribution in [2.75, 3.05) is 11.9 Å². The van der Waals surface area contributed by atoms with E-state index in [1.54, 1.807) is 6.92 Å². The smallest absolute Gasteiger partial charge is 0.236 e. The summed E-state index contributed by atoms with van der Waals surface area (Å²) in [5, 5.41) is 26.3. The van der Waals surface area contributed by atoms with Crippen LogP contribution in [-0.2, 0) is 10.2 Å². The molecular formula is C18H24N2O3. The molecule has 0 aromatic heterocycles. The Morgan fingerprint density at radius 2 is 2.17 bits per heavy atom. The first-order chi connectivity index (χ1) is 11.1. The lowest BCUT2D eigenvalue weighted by Gasteiger charge is -2.38. The number of fused-ring (bicyclic) bond motifs is 5. The van der Waals surface area contributed by atoms with E-state index in [4.69, 9.17) is 0 Å². The van der Waals surface area contributed by atoms with E-state index in [1.807, 2.05) is 24.3 Å². The van der Waals surface area contributed by atoms with Crippen molar-refractivity contribution >= 4 is 11.6 Å². The van der Waals surface area contributed by atoms with Crippen LogP contribution < -0.4 is 10.6 Å². The summed E-state index contributed by atoms with van der Waals surface area (Å²) in [6, 6.07) is 8.13. The number of amides is 1. The van der Waals surface area contributed by atoms with Gasteiger partial charge in [-0.3, -0.25) is 4.79 Å². The Hall–Kier alpha value is -1.43. The number of rotatable bonds is 3. The molecule has 0 saturated carbocycles. The maximum Gasteiger partial charge on any atom is 0.236 e. The third-order valence-electron chi connectivity index (χ3n) is 6.13. The van der Waals surface area contributed by atoms with Gasteiger partial charge in [0.05, 0.1) is 11.5 Å². The average Bonchev–Trinajstić information content (AvgIpc) is 2.97. The highest BCUT2D eigenvalue weighted by atomic mass is 16.3. The summed E-state index contributed by atoms with van der Waals surface area (Å²) in [4.78, 5) is 12.9. The second-order valence-electron chi connectivity index (χ2n) is 7.43. The first-order valence-corrected chi connectivity index (χ1v) is 8.52. The SMILES string of the molecule is C[C@H](O)C[C@@H]1C[C@@H]2N[C@@H](C[C@@]23C(=O)Nc2ccccc23)[C@@H]1CO. The number of aliphatic hydroxyl groups is 2. The Morgan fingerprint density at radius 3 is 2.91 bits per heavy atom. The number of carbonyl (C=O) groups excluding carboxylic acids is 1. The molecule has 6 atom stereocenters. The molecule has 1 amide bonds. The molecule has 0 radical (unpaired) electrons. The predicted octanol–water partition coefficient (Wildman–Crippen LogP) is 1.01. The largest absolute Gasteiger partial charge is 0.396 e. The van der Waals surface area contributed by atoms with Gasteiger partial charge in [-0.15, -0.1) is 0 Å². The molecule has 1 spiro atoms.